The van der Waals surface area contributed by atoms with Crippen molar-refractivity contribution in [3.63, 3.8) is 0 Å². The third-order valence-corrected chi connectivity index (χ3v) is 21.8. The predicted octanol–water partition coefficient (Wildman–Crippen LogP) is 11.0. The van der Waals surface area contributed by atoms with Gasteiger partial charge >= 0.3 is 6.18 Å². The van der Waals surface area contributed by atoms with E-state index in [1.165, 1.54) is 62.5 Å². The van der Waals surface area contributed by atoms with E-state index in [0.717, 1.165) is 125 Å². The molecular weight excluding hydrogens is 1200 g/mol. The number of carbonyl (C=O) groups is 1. The van der Waals surface area contributed by atoms with Crippen LogP contribution < -0.4 is 14.8 Å². The molecule has 0 atom stereocenters. The molecule has 0 fully saturated rings. The first kappa shape index (κ1) is 60.9. The van der Waals surface area contributed by atoms with Crippen LogP contribution in [0.2, 0.25) is 0 Å². The molecule has 9 heterocycles. The van der Waals surface area contributed by atoms with Crippen LogP contribution in [0.3, 0.4) is 0 Å². The third kappa shape index (κ3) is 12.2. The highest BCUT2D eigenvalue weighted by Crippen LogP contribution is 2.40. The lowest BCUT2D eigenvalue weighted by atomic mass is 9.98. The number of anilines is 1. The number of halogens is 3. The Morgan fingerprint density at radius 2 is 0.978 bits per heavy atom. The second kappa shape index (κ2) is 24.2. The van der Waals surface area contributed by atoms with Crippen LogP contribution >= 0.6 is 0 Å². The van der Waals surface area contributed by atoms with Gasteiger partial charge < -0.3 is 29.5 Å². The lowest BCUT2D eigenvalue weighted by Gasteiger charge is -2.21. The molecule has 1 amide bonds. The summed E-state index contributed by atoms with van der Waals surface area (Å²) < 4.78 is 136. The quantitative estimate of drug-likeness (QED) is 0.136. The van der Waals surface area contributed by atoms with Crippen LogP contribution in [0.25, 0.3) is 49.6 Å². The number of nitrogens with zero attached hydrogens (tertiary/aromatic N) is 7. The molecule has 23 heteroatoms. The van der Waals surface area contributed by atoms with E-state index in [9.17, 15) is 43.2 Å². The molecule has 462 valence electrons. The second-order valence-electron chi connectivity index (χ2n) is 22.8. The van der Waals surface area contributed by atoms with E-state index < -0.39 is 41.8 Å². The maximum atomic E-state index is 13.5. The Hall–Kier alpha value is -8.32. The summed E-state index contributed by atoms with van der Waals surface area (Å²) in [6.45, 7) is 7.56. The third-order valence-electron chi connectivity index (χ3n) is 16.7. The van der Waals surface area contributed by atoms with Crippen molar-refractivity contribution in [2.75, 3.05) is 78.9 Å². The van der Waals surface area contributed by atoms with Crippen LogP contribution in [0, 0.1) is 0 Å². The summed E-state index contributed by atoms with van der Waals surface area (Å²) in [6.07, 6.45) is 12.2. The first-order valence-corrected chi connectivity index (χ1v) is 33.4. The Morgan fingerprint density at radius 1 is 0.517 bits per heavy atom. The van der Waals surface area contributed by atoms with Gasteiger partial charge in [-0.15, -0.1) is 0 Å². The minimum absolute atomic E-state index is 0.0442. The number of pyridine rings is 1. The molecule has 0 aliphatic carbocycles. The van der Waals surface area contributed by atoms with Gasteiger partial charge in [-0.05, 0) is 165 Å². The minimum atomic E-state index is -4.55. The number of para-hydroxylation sites is 1. The topological polar surface area (TPSA) is 187 Å². The van der Waals surface area contributed by atoms with Gasteiger partial charge in [0.15, 0.2) is 5.65 Å². The van der Waals surface area contributed by atoms with Crippen LogP contribution in [0.5, 0.6) is 11.5 Å². The van der Waals surface area contributed by atoms with Gasteiger partial charge in [-0.3, -0.25) is 4.79 Å². The maximum absolute atomic E-state index is 13.5. The number of hydrogen-bond acceptors (Lipinski definition) is 13. The number of hydrogen-bond donors (Lipinski definition) is 1. The Bertz CT molecular complexity index is 4530. The standard InChI is InChI=1S/C23H22F3N3O3S.C22H22N2O3S.C21H21N3O3S/c1-15(30)27-18-4-6-19(7-5-18)33(31,32)29-14-21(16-9-11-28(2)12-10-16)20-13-17(23(24,25)26)3-8-22(20)29;1-23-11-8-16(9-12-23)20-15-24(21-5-3-2-4-19(20)21)28(25,26)18-6-7-22-17(14-18)10-13-27-22;1-23-10-6-15(7-11-23)19-14-24(21-18(19)3-2-9-22-21)28(25,26)17-4-5-20-16(13-17)8-12-27-20/h3-9,13-14H,10-12H2,1-2H3,(H,27,30);2-8,14-15H,9-13H2,1H3;2-6,9,13-14H,7-8,10-12H2,1H3. The number of amides is 1. The smallest absolute Gasteiger partial charge is 0.416 e. The monoisotopic (exact) mass is 1270 g/mol. The highest BCUT2D eigenvalue weighted by Gasteiger charge is 2.33. The number of alkyl halides is 3. The van der Waals surface area contributed by atoms with Crippen molar-refractivity contribution >= 4 is 91.2 Å². The van der Waals surface area contributed by atoms with Crippen LogP contribution in [-0.4, -0.2) is 136 Å². The summed E-state index contributed by atoms with van der Waals surface area (Å²) in [5.74, 6) is 1.26. The Labute approximate surface area is 514 Å². The Balaban J connectivity index is 0.000000130. The highest BCUT2D eigenvalue weighted by molar-refractivity contribution is 7.90. The van der Waals surface area contributed by atoms with Crippen molar-refractivity contribution < 1.29 is 52.7 Å². The summed E-state index contributed by atoms with van der Waals surface area (Å²) in [4.78, 5) is 22.7. The SMILES string of the molecule is CC(=O)Nc1ccc(S(=O)(=O)n2cc(C3=CCN(C)CC3)c3cc(C(F)(F)F)ccc32)cc1.CN1CC=C(c2cn(S(=O)(=O)c3ccc4c(c3)CCO4)c3ccccc23)CC1.CN1CC=C(c2cn(S(=O)(=O)c3ccc4c(c3)CCO4)c3ncccc23)CC1. The van der Waals surface area contributed by atoms with E-state index >= 15 is 0 Å². The van der Waals surface area contributed by atoms with E-state index in [2.05, 4.69) is 51.2 Å². The lowest BCUT2D eigenvalue weighted by Crippen LogP contribution is -2.23. The largest absolute Gasteiger partial charge is 0.493 e. The summed E-state index contributed by atoms with van der Waals surface area (Å²) >= 11 is 0. The summed E-state index contributed by atoms with van der Waals surface area (Å²) in [7, 11) is -5.43. The number of aromatic nitrogens is 4. The van der Waals surface area contributed by atoms with E-state index in [1.807, 2.05) is 49.5 Å². The van der Waals surface area contributed by atoms with Gasteiger partial charge in [0.1, 0.15) is 11.5 Å². The van der Waals surface area contributed by atoms with E-state index in [0.29, 0.717) is 53.5 Å². The molecule has 0 radical (unpaired) electrons. The van der Waals surface area contributed by atoms with Gasteiger partial charge in [-0.25, -0.2) is 42.2 Å². The first-order valence-electron chi connectivity index (χ1n) is 29.1. The number of ether oxygens (including phenoxy) is 2. The van der Waals surface area contributed by atoms with Crippen molar-refractivity contribution in [1.82, 2.24) is 31.6 Å². The molecule has 0 spiro atoms. The number of fused-ring (bicyclic) bond motifs is 5. The van der Waals surface area contributed by atoms with Crippen molar-refractivity contribution in [3.05, 3.63) is 192 Å². The summed E-state index contributed by atoms with van der Waals surface area (Å²) in [5, 5.41) is 4.65. The van der Waals surface area contributed by atoms with Crippen molar-refractivity contribution in [2.24, 2.45) is 0 Å². The zero-order valence-electron chi connectivity index (χ0n) is 49.4. The van der Waals surface area contributed by atoms with Crippen LogP contribution in [0.15, 0.2) is 173 Å². The molecule has 0 saturated carbocycles. The second-order valence-corrected chi connectivity index (χ2v) is 28.3. The molecule has 0 unspecified atom stereocenters. The van der Waals surface area contributed by atoms with Gasteiger partial charge in [-0.2, -0.15) is 13.2 Å². The van der Waals surface area contributed by atoms with Gasteiger partial charge in [0.25, 0.3) is 30.1 Å². The fraction of sp³-hybridized carbons (Fsp3) is 0.273. The Kier molecular flexibility index (Phi) is 16.6. The normalized spacial score (nSPS) is 16.7. The molecule has 5 aliphatic heterocycles. The number of rotatable bonds is 10. The fourth-order valence-corrected chi connectivity index (χ4v) is 16.0. The number of benzene rings is 5. The zero-order chi connectivity index (χ0) is 62.6. The minimum Gasteiger partial charge on any atom is -0.493 e. The molecule has 4 aromatic heterocycles. The van der Waals surface area contributed by atoms with Gasteiger partial charge in [-0.1, -0.05) is 36.4 Å². The lowest BCUT2D eigenvalue weighted by molar-refractivity contribution is -0.137. The van der Waals surface area contributed by atoms with Crippen LogP contribution in [0.1, 0.15) is 59.6 Å². The van der Waals surface area contributed by atoms with Gasteiger partial charge in [0, 0.05) is 122 Å². The maximum Gasteiger partial charge on any atom is 0.416 e. The average molecular weight is 1270 g/mol. The van der Waals surface area contributed by atoms with Crippen LogP contribution in [0.4, 0.5) is 18.9 Å². The van der Waals surface area contributed by atoms with E-state index in [1.54, 1.807) is 55.0 Å². The van der Waals surface area contributed by atoms with Crippen molar-refractivity contribution in [3.8, 4) is 11.5 Å². The van der Waals surface area contributed by atoms with Crippen molar-refractivity contribution in [2.45, 2.75) is 59.9 Å². The predicted molar refractivity (Wildman–Crippen MR) is 339 cm³/mol. The molecule has 89 heavy (non-hydrogen) atoms. The highest BCUT2D eigenvalue weighted by atomic mass is 32.2. The molecule has 17 nitrogen and oxygen atoms in total. The molecule has 1 N–H and O–H groups in total. The van der Waals surface area contributed by atoms with Gasteiger partial charge in [0.05, 0.1) is 44.5 Å². The summed E-state index contributed by atoms with van der Waals surface area (Å²) in [6, 6.07) is 30.5. The molecule has 5 aromatic carbocycles. The number of likely N-dealkylation sites (N-methyl/N-ethyl adjacent to an activating group) is 3. The zero-order valence-corrected chi connectivity index (χ0v) is 51.8. The van der Waals surface area contributed by atoms with Gasteiger partial charge in [0.2, 0.25) is 5.91 Å². The van der Waals surface area contributed by atoms with E-state index in [4.69, 9.17) is 9.47 Å². The molecular formula is C66H65F3N8O9S3. The summed E-state index contributed by atoms with van der Waals surface area (Å²) in [5.41, 5.74) is 8.48. The van der Waals surface area contributed by atoms with Crippen molar-refractivity contribution in [1.29, 1.82) is 0 Å². The molecule has 9 aromatic rings. The van der Waals surface area contributed by atoms with Crippen LogP contribution in [-0.2, 0) is 53.9 Å². The first-order chi connectivity index (χ1) is 42.5. The number of carbonyl (C=O) groups excluding carboxylic acids is 1. The number of nitrogens with one attached hydrogen (secondary N) is 1. The fourth-order valence-electron chi connectivity index (χ4n) is 11.9. The average Bonchev–Trinajstić information content (AvgIpc) is 1.66. The molecule has 0 saturated heterocycles. The molecule has 0 bridgehead atoms. The molecule has 14 rings (SSSR count). The Morgan fingerprint density at radius 3 is 1.49 bits per heavy atom. The van der Waals surface area contributed by atoms with E-state index in [-0.39, 0.29) is 26.6 Å². The molecule has 5 aliphatic rings.